The molecular weight excluding hydrogens is 423 g/mol. The van der Waals surface area contributed by atoms with Crippen LogP contribution in [0, 0.1) is 0 Å². The summed E-state index contributed by atoms with van der Waals surface area (Å²) in [4.78, 5) is 16.9. The standard InChI is InChI=1S/C20H16Cl2N2OS.ClH/c1-3-10-24-19(17-9-6-15(21)11-18(17)22)12-26-20(24)23-16-7-4-14(5-8-16)13(2)25;/h3-9,11-12H,1,10H2,2H3;1H. The van der Waals surface area contributed by atoms with Crippen LogP contribution in [0.25, 0.3) is 11.3 Å². The largest absolute Gasteiger partial charge is 0.313 e. The fourth-order valence-electron chi connectivity index (χ4n) is 2.52. The van der Waals surface area contributed by atoms with Crippen LogP contribution < -0.4 is 4.80 Å². The molecular formula is C20H17Cl3N2OS. The summed E-state index contributed by atoms with van der Waals surface area (Å²) < 4.78 is 2.05. The smallest absolute Gasteiger partial charge is 0.190 e. The molecule has 0 saturated heterocycles. The van der Waals surface area contributed by atoms with Crippen molar-refractivity contribution in [2.45, 2.75) is 13.5 Å². The van der Waals surface area contributed by atoms with E-state index in [0.29, 0.717) is 22.2 Å². The highest BCUT2D eigenvalue weighted by molar-refractivity contribution is 7.07. The Morgan fingerprint density at radius 2 is 1.93 bits per heavy atom. The Hall–Kier alpha value is -1.85. The summed E-state index contributed by atoms with van der Waals surface area (Å²) in [5, 5.41) is 3.20. The minimum Gasteiger partial charge on any atom is -0.313 e. The van der Waals surface area contributed by atoms with Crippen molar-refractivity contribution in [3.8, 4) is 11.3 Å². The van der Waals surface area contributed by atoms with Gasteiger partial charge in [-0.05, 0) is 49.4 Å². The Balaban J connectivity index is 0.00000261. The van der Waals surface area contributed by atoms with Gasteiger partial charge in [-0.3, -0.25) is 4.79 Å². The Bertz CT molecular complexity index is 1040. The Labute approximate surface area is 178 Å². The summed E-state index contributed by atoms with van der Waals surface area (Å²) in [7, 11) is 0. The molecule has 0 aliphatic carbocycles. The first-order chi connectivity index (χ1) is 12.5. The molecule has 3 rings (SSSR count). The molecule has 0 N–H and O–H groups in total. The number of ketones is 1. The van der Waals surface area contributed by atoms with E-state index in [1.807, 2.05) is 40.3 Å². The lowest BCUT2D eigenvalue weighted by Crippen LogP contribution is -2.14. The lowest BCUT2D eigenvalue weighted by atomic mass is 10.1. The van der Waals surface area contributed by atoms with Crippen LogP contribution in [0.15, 0.2) is 65.5 Å². The van der Waals surface area contributed by atoms with E-state index in [1.165, 1.54) is 11.3 Å². The molecule has 0 bridgehead atoms. The number of thiazole rings is 1. The third-order valence-corrected chi connectivity index (χ3v) is 5.23. The predicted octanol–water partition coefficient (Wildman–Crippen LogP) is 6.57. The van der Waals surface area contributed by atoms with E-state index in [2.05, 4.69) is 6.58 Å². The van der Waals surface area contributed by atoms with Gasteiger partial charge in [0.2, 0.25) is 0 Å². The van der Waals surface area contributed by atoms with Crippen LogP contribution in [-0.2, 0) is 6.54 Å². The number of halogens is 3. The van der Waals surface area contributed by atoms with Gasteiger partial charge in [-0.2, -0.15) is 0 Å². The number of carbonyl (C=O) groups excluding carboxylic acids is 1. The van der Waals surface area contributed by atoms with E-state index in [-0.39, 0.29) is 18.2 Å². The van der Waals surface area contributed by atoms with Crippen molar-refractivity contribution < 1.29 is 4.79 Å². The SMILES string of the molecule is C=CCn1c(-c2ccc(Cl)cc2Cl)csc1=Nc1ccc(C(C)=O)cc1.Cl. The summed E-state index contributed by atoms with van der Waals surface area (Å²) in [5.74, 6) is 0.0362. The summed E-state index contributed by atoms with van der Waals surface area (Å²) in [6.07, 6.45) is 1.82. The van der Waals surface area contributed by atoms with Gasteiger partial charge < -0.3 is 4.57 Å². The van der Waals surface area contributed by atoms with Crippen molar-refractivity contribution in [2.24, 2.45) is 4.99 Å². The van der Waals surface area contributed by atoms with E-state index in [9.17, 15) is 4.79 Å². The number of nitrogens with zero attached hydrogens (tertiary/aromatic N) is 2. The van der Waals surface area contributed by atoms with E-state index in [1.54, 1.807) is 25.1 Å². The van der Waals surface area contributed by atoms with Crippen LogP contribution in [0.3, 0.4) is 0 Å². The van der Waals surface area contributed by atoms with Crippen molar-refractivity contribution in [1.29, 1.82) is 0 Å². The zero-order valence-corrected chi connectivity index (χ0v) is 17.6. The average molecular weight is 440 g/mol. The van der Waals surface area contributed by atoms with Crippen LogP contribution >= 0.6 is 46.9 Å². The third kappa shape index (κ3) is 4.90. The molecule has 27 heavy (non-hydrogen) atoms. The second kappa shape index (κ2) is 9.38. The lowest BCUT2D eigenvalue weighted by Gasteiger charge is -2.08. The maximum Gasteiger partial charge on any atom is 0.190 e. The Morgan fingerprint density at radius 3 is 2.52 bits per heavy atom. The van der Waals surface area contributed by atoms with Crippen molar-refractivity contribution in [3.63, 3.8) is 0 Å². The summed E-state index contributed by atoms with van der Waals surface area (Å²) in [6.45, 7) is 5.98. The Morgan fingerprint density at radius 1 is 1.22 bits per heavy atom. The maximum absolute atomic E-state index is 11.4. The third-order valence-electron chi connectivity index (χ3n) is 3.81. The first-order valence-electron chi connectivity index (χ1n) is 7.90. The first kappa shape index (κ1) is 21.5. The van der Waals surface area contributed by atoms with E-state index in [0.717, 1.165) is 21.7 Å². The highest BCUT2D eigenvalue weighted by atomic mass is 35.5. The number of aromatic nitrogens is 1. The highest BCUT2D eigenvalue weighted by Gasteiger charge is 2.11. The summed E-state index contributed by atoms with van der Waals surface area (Å²) in [5.41, 5.74) is 3.30. The number of hydrogen-bond acceptors (Lipinski definition) is 3. The van der Waals surface area contributed by atoms with Crippen LogP contribution in [0.5, 0.6) is 0 Å². The number of allylic oxidation sites excluding steroid dienone is 1. The van der Waals surface area contributed by atoms with Gasteiger partial charge in [-0.25, -0.2) is 4.99 Å². The van der Waals surface area contributed by atoms with Crippen molar-refractivity contribution >= 4 is 58.4 Å². The molecule has 0 atom stereocenters. The molecule has 0 spiro atoms. The fraction of sp³-hybridized carbons (Fsp3) is 0.100. The zero-order chi connectivity index (χ0) is 18.7. The Kier molecular flexibility index (Phi) is 7.45. The molecule has 0 amide bonds. The minimum absolute atomic E-state index is 0. The second-order valence-corrected chi connectivity index (χ2v) is 7.32. The zero-order valence-electron chi connectivity index (χ0n) is 14.5. The lowest BCUT2D eigenvalue weighted by molar-refractivity contribution is 0.101. The summed E-state index contributed by atoms with van der Waals surface area (Å²) in [6, 6.07) is 12.7. The van der Waals surface area contributed by atoms with Gasteiger partial charge in [0.25, 0.3) is 0 Å². The molecule has 0 radical (unpaired) electrons. The van der Waals surface area contributed by atoms with Gasteiger partial charge >= 0.3 is 0 Å². The number of hydrogen-bond donors (Lipinski definition) is 0. The molecule has 1 heterocycles. The van der Waals surface area contributed by atoms with Crippen LogP contribution in [0.2, 0.25) is 10.0 Å². The van der Waals surface area contributed by atoms with E-state index in [4.69, 9.17) is 28.2 Å². The number of carbonyl (C=O) groups is 1. The molecule has 1 aromatic heterocycles. The highest BCUT2D eigenvalue weighted by Crippen LogP contribution is 2.30. The van der Waals surface area contributed by atoms with E-state index >= 15 is 0 Å². The number of Topliss-reactive ketones (excluding diaryl/α,β-unsaturated/α-hetero) is 1. The van der Waals surface area contributed by atoms with Crippen LogP contribution in [0.1, 0.15) is 17.3 Å². The average Bonchev–Trinajstić information content (AvgIpc) is 2.98. The molecule has 7 heteroatoms. The predicted molar refractivity (Wildman–Crippen MR) is 117 cm³/mol. The maximum atomic E-state index is 11.4. The van der Waals surface area contributed by atoms with Crippen molar-refractivity contribution in [3.05, 3.63) is 80.9 Å². The first-order valence-corrected chi connectivity index (χ1v) is 9.53. The van der Waals surface area contributed by atoms with Gasteiger partial charge in [-0.15, -0.1) is 30.3 Å². The second-order valence-electron chi connectivity index (χ2n) is 5.64. The quantitative estimate of drug-likeness (QED) is 0.327. The van der Waals surface area contributed by atoms with Gasteiger partial charge in [0.1, 0.15) is 0 Å². The number of benzene rings is 2. The monoisotopic (exact) mass is 438 g/mol. The number of rotatable bonds is 5. The van der Waals surface area contributed by atoms with Crippen LogP contribution in [-0.4, -0.2) is 10.4 Å². The molecule has 0 unspecified atom stereocenters. The molecule has 0 aliphatic rings. The molecule has 3 aromatic rings. The molecule has 140 valence electrons. The fourth-order valence-corrected chi connectivity index (χ4v) is 3.95. The minimum atomic E-state index is 0. The molecule has 3 nitrogen and oxygen atoms in total. The molecule has 0 saturated carbocycles. The summed E-state index contributed by atoms with van der Waals surface area (Å²) >= 11 is 13.9. The van der Waals surface area contributed by atoms with Gasteiger partial charge in [0.05, 0.1) is 16.4 Å². The van der Waals surface area contributed by atoms with Gasteiger partial charge in [0.15, 0.2) is 10.6 Å². The molecule has 0 fully saturated rings. The van der Waals surface area contributed by atoms with Crippen LogP contribution in [0.4, 0.5) is 5.69 Å². The van der Waals surface area contributed by atoms with Gasteiger partial charge in [-0.1, -0.05) is 29.3 Å². The van der Waals surface area contributed by atoms with Crippen molar-refractivity contribution in [1.82, 2.24) is 4.57 Å². The molecule has 0 aliphatic heterocycles. The molecule has 2 aromatic carbocycles. The van der Waals surface area contributed by atoms with Crippen molar-refractivity contribution in [2.75, 3.05) is 0 Å². The topological polar surface area (TPSA) is 34.4 Å². The normalized spacial score (nSPS) is 11.1. The van der Waals surface area contributed by atoms with Gasteiger partial charge in [0, 0.05) is 28.1 Å². The van der Waals surface area contributed by atoms with E-state index < -0.39 is 0 Å².